The van der Waals surface area contributed by atoms with Crippen LogP contribution in [0.2, 0.25) is 0 Å². The molecule has 0 rings (SSSR count). The maximum absolute atomic E-state index is 10.2. The van der Waals surface area contributed by atoms with Crippen LogP contribution in [0.25, 0.3) is 0 Å². The zero-order chi connectivity index (χ0) is 9.02. The van der Waals surface area contributed by atoms with Gasteiger partial charge in [-0.25, -0.2) is 0 Å². The summed E-state index contributed by atoms with van der Waals surface area (Å²) < 4.78 is 0. The molecule has 0 aromatic carbocycles. The van der Waals surface area contributed by atoms with Crippen LogP contribution in [0.15, 0.2) is 0 Å². The highest BCUT2D eigenvalue weighted by Crippen LogP contribution is 2.04. The van der Waals surface area contributed by atoms with E-state index in [2.05, 4.69) is 0 Å². The molecule has 0 saturated heterocycles. The highest BCUT2D eigenvalue weighted by molar-refractivity contribution is 5.75. The molecule has 0 amide bonds. The van der Waals surface area contributed by atoms with Crippen LogP contribution in [0.5, 0.6) is 0 Å². The van der Waals surface area contributed by atoms with Crippen molar-refractivity contribution < 1.29 is 19.8 Å². The van der Waals surface area contributed by atoms with Crippen LogP contribution < -0.4 is 5.73 Å². The lowest BCUT2D eigenvalue weighted by Crippen LogP contribution is -2.33. The van der Waals surface area contributed by atoms with E-state index in [1.54, 1.807) is 0 Å². The van der Waals surface area contributed by atoms with Crippen molar-refractivity contribution in [1.82, 2.24) is 0 Å². The topological polar surface area (TPSA) is 101 Å². The van der Waals surface area contributed by atoms with Crippen molar-refractivity contribution in [3.63, 3.8) is 0 Å². The maximum Gasteiger partial charge on any atom is 0.320 e. The number of hydrogen-bond donors (Lipinski definition) is 3. The summed E-state index contributed by atoms with van der Waals surface area (Å²) in [4.78, 5) is 20.3. The Morgan fingerprint density at radius 2 is 1.82 bits per heavy atom. The van der Waals surface area contributed by atoms with Crippen molar-refractivity contribution in [2.45, 2.75) is 19.4 Å². The zero-order valence-corrected chi connectivity index (χ0v) is 6.15. The lowest BCUT2D eigenvalue weighted by Gasteiger charge is -2.08. The van der Waals surface area contributed by atoms with Crippen LogP contribution in [0.3, 0.4) is 0 Å². The van der Waals surface area contributed by atoms with E-state index in [1.165, 1.54) is 6.92 Å². The summed E-state index contributed by atoms with van der Waals surface area (Å²) in [6.45, 7) is 1.42. The minimum absolute atomic E-state index is 0.0370. The first-order valence-corrected chi connectivity index (χ1v) is 3.16. The van der Waals surface area contributed by atoms with Crippen LogP contribution in [-0.4, -0.2) is 28.2 Å². The molecule has 4 N–H and O–H groups in total. The van der Waals surface area contributed by atoms with E-state index in [0.29, 0.717) is 0 Å². The Kier molecular flexibility index (Phi) is 3.53. The molecular formula is C6H11NO4. The first kappa shape index (κ1) is 9.90. The van der Waals surface area contributed by atoms with Gasteiger partial charge < -0.3 is 15.9 Å². The molecule has 64 valence electrons. The molecule has 0 bridgehead atoms. The fourth-order valence-electron chi connectivity index (χ4n) is 0.583. The van der Waals surface area contributed by atoms with E-state index in [4.69, 9.17) is 15.9 Å². The quantitative estimate of drug-likeness (QED) is 0.516. The Bertz CT molecular complexity index is 150. The van der Waals surface area contributed by atoms with Gasteiger partial charge in [0, 0.05) is 0 Å². The monoisotopic (exact) mass is 161 g/mol. The van der Waals surface area contributed by atoms with E-state index in [9.17, 15) is 9.59 Å². The second-order valence-electron chi connectivity index (χ2n) is 2.42. The molecule has 0 spiro atoms. The summed E-state index contributed by atoms with van der Waals surface area (Å²) in [6, 6.07) is -1.08. The minimum atomic E-state index is -1.17. The van der Waals surface area contributed by atoms with Gasteiger partial charge in [0.15, 0.2) is 0 Å². The number of carbonyl (C=O) groups is 2. The molecule has 0 radical (unpaired) electrons. The van der Waals surface area contributed by atoms with Gasteiger partial charge >= 0.3 is 11.9 Å². The fraction of sp³-hybridized carbons (Fsp3) is 0.667. The van der Waals surface area contributed by atoms with Crippen LogP contribution in [0.1, 0.15) is 13.3 Å². The van der Waals surface area contributed by atoms with Gasteiger partial charge in [-0.2, -0.15) is 0 Å². The molecule has 2 atom stereocenters. The number of nitrogens with two attached hydrogens (primary N) is 1. The van der Waals surface area contributed by atoms with E-state index in [0.717, 1.165) is 0 Å². The molecule has 1 unspecified atom stereocenters. The van der Waals surface area contributed by atoms with Crippen LogP contribution in [-0.2, 0) is 9.59 Å². The molecule has 0 aromatic heterocycles. The van der Waals surface area contributed by atoms with E-state index >= 15 is 0 Å². The van der Waals surface area contributed by atoms with Gasteiger partial charge in [-0.3, -0.25) is 9.59 Å². The molecule has 0 saturated carbocycles. The maximum atomic E-state index is 10.2. The van der Waals surface area contributed by atoms with Crippen LogP contribution in [0.4, 0.5) is 0 Å². The summed E-state index contributed by atoms with van der Waals surface area (Å²) in [5.74, 6) is -2.90. The van der Waals surface area contributed by atoms with Gasteiger partial charge in [-0.05, 0) is 6.42 Å². The minimum Gasteiger partial charge on any atom is -0.481 e. The van der Waals surface area contributed by atoms with E-state index in [-0.39, 0.29) is 6.42 Å². The standard InChI is InChI=1S/C6H11NO4/c1-3(5(8)9)2-4(7)6(10)11/h3-4H,2,7H2,1H3,(H,8,9)(H,10,11)/t3?,4-/m1/s1. The summed E-state index contributed by atoms with van der Waals surface area (Å²) in [5.41, 5.74) is 5.09. The highest BCUT2D eigenvalue weighted by Gasteiger charge is 2.19. The SMILES string of the molecule is CC(C[C@@H](N)C(=O)O)C(=O)O. The predicted octanol–water partition coefficient (Wildman–Crippen LogP) is -0.491. The van der Waals surface area contributed by atoms with Crippen molar-refractivity contribution in [2.24, 2.45) is 11.7 Å². The average molecular weight is 161 g/mol. The average Bonchev–Trinajstić information content (AvgIpc) is 1.87. The Labute approximate surface area is 63.8 Å². The van der Waals surface area contributed by atoms with Crippen molar-refractivity contribution in [1.29, 1.82) is 0 Å². The zero-order valence-electron chi connectivity index (χ0n) is 6.15. The van der Waals surface area contributed by atoms with Gasteiger partial charge in [0.05, 0.1) is 5.92 Å². The van der Waals surface area contributed by atoms with E-state index in [1.807, 2.05) is 0 Å². The molecular weight excluding hydrogens is 150 g/mol. The summed E-state index contributed by atoms with van der Waals surface area (Å²) in [7, 11) is 0. The molecule has 5 nitrogen and oxygen atoms in total. The summed E-state index contributed by atoms with van der Waals surface area (Å²) >= 11 is 0. The van der Waals surface area contributed by atoms with Gasteiger partial charge in [0.2, 0.25) is 0 Å². The third-order valence-corrected chi connectivity index (χ3v) is 1.35. The van der Waals surface area contributed by atoms with Crippen LogP contribution in [0, 0.1) is 5.92 Å². The van der Waals surface area contributed by atoms with E-state index < -0.39 is 23.9 Å². The van der Waals surface area contributed by atoms with Gasteiger partial charge in [0.1, 0.15) is 6.04 Å². The highest BCUT2D eigenvalue weighted by atomic mass is 16.4. The molecule has 5 heteroatoms. The molecule has 0 aliphatic carbocycles. The Balaban J connectivity index is 3.84. The van der Waals surface area contributed by atoms with Crippen molar-refractivity contribution >= 4 is 11.9 Å². The van der Waals surface area contributed by atoms with Gasteiger partial charge in [0.25, 0.3) is 0 Å². The summed E-state index contributed by atoms with van der Waals surface area (Å²) in [6.07, 6.45) is -0.0370. The first-order valence-electron chi connectivity index (χ1n) is 3.16. The number of aliphatic carboxylic acids is 2. The largest absolute Gasteiger partial charge is 0.481 e. The fourth-order valence-corrected chi connectivity index (χ4v) is 0.583. The number of carboxylic acids is 2. The summed E-state index contributed by atoms with van der Waals surface area (Å²) in [5, 5.41) is 16.7. The Morgan fingerprint density at radius 3 is 2.09 bits per heavy atom. The number of carboxylic acid groups (broad SMARTS) is 2. The third kappa shape index (κ3) is 3.57. The second kappa shape index (κ2) is 3.92. The molecule has 0 fully saturated rings. The molecule has 0 heterocycles. The smallest absolute Gasteiger partial charge is 0.320 e. The molecule has 11 heavy (non-hydrogen) atoms. The Morgan fingerprint density at radius 1 is 1.36 bits per heavy atom. The molecule has 0 aliphatic heterocycles. The molecule has 0 aliphatic rings. The lowest BCUT2D eigenvalue weighted by atomic mass is 10.0. The number of rotatable bonds is 4. The normalized spacial score (nSPS) is 15.5. The van der Waals surface area contributed by atoms with Gasteiger partial charge in [-0.1, -0.05) is 6.92 Å². The third-order valence-electron chi connectivity index (χ3n) is 1.35. The van der Waals surface area contributed by atoms with Crippen molar-refractivity contribution in [2.75, 3.05) is 0 Å². The second-order valence-corrected chi connectivity index (χ2v) is 2.42. The lowest BCUT2D eigenvalue weighted by molar-refractivity contribution is -0.143. The van der Waals surface area contributed by atoms with Gasteiger partial charge in [-0.15, -0.1) is 0 Å². The van der Waals surface area contributed by atoms with Crippen molar-refractivity contribution in [3.8, 4) is 0 Å². The first-order chi connectivity index (χ1) is 4.95. The van der Waals surface area contributed by atoms with Crippen molar-refractivity contribution in [3.05, 3.63) is 0 Å². The Hall–Kier alpha value is -1.10. The number of hydrogen-bond acceptors (Lipinski definition) is 3. The molecule has 0 aromatic rings. The van der Waals surface area contributed by atoms with Crippen LogP contribution >= 0.6 is 0 Å². The predicted molar refractivity (Wildman–Crippen MR) is 37.0 cm³/mol.